The molecule has 0 radical (unpaired) electrons. The van der Waals surface area contributed by atoms with Gasteiger partial charge in [0.15, 0.2) is 5.82 Å². The Morgan fingerprint density at radius 2 is 1.06 bits per heavy atom. The fraction of sp³-hybridized carbons (Fsp3) is 0.679. The number of esters is 1. The summed E-state index contributed by atoms with van der Waals surface area (Å²) in [6, 6.07) is 7.03. The summed E-state index contributed by atoms with van der Waals surface area (Å²) in [4.78, 5) is 102. The number of aryl methyl sites for hydroxylation is 1. The summed E-state index contributed by atoms with van der Waals surface area (Å²) in [5, 5.41) is 53.1. The SMILES string of the molecule is C=C1N=C(C(C)(C)C)NO1.CC(=O)NC(=O)C(C)(C)C.CC(=O)NS(=O)(=O)C(C)C.CC(C)(C)C(=O)NS(C)(=O)=O.CC(C)(C)C(=O)Nc1nn[nH]n1.CC(C)(C)C(=O)O.CC(C)(C)c1nn[nH]n1.CC(C)S(=O)(=O)Nc1ccccn1.CC(C)S(=O)(=O)O.CC1=CC(C(C)(C)C)=NC1.CNC(=O)C(C)C.COC(=O)C=C(O)C(C)(C)C.Cc1cc(C(C)C)on1. The molecule has 6 amide bonds. The molecule has 6 heterocycles. The maximum atomic E-state index is 11.3. The summed E-state index contributed by atoms with van der Waals surface area (Å²) in [7, 11) is -10.9. The number of methoxy groups -OCH3 is 1. The molecule has 726 valence electrons. The third-order valence-electron chi connectivity index (χ3n) is 13.9. The van der Waals surface area contributed by atoms with Crippen LogP contribution in [0.3, 0.4) is 0 Å². The largest absolute Gasteiger partial charge is 0.511 e. The summed E-state index contributed by atoms with van der Waals surface area (Å²) in [6.45, 7) is 72.9. The number of carboxylic acid groups (broad SMARTS) is 1. The number of anilines is 2. The van der Waals surface area contributed by atoms with Crippen molar-refractivity contribution in [2.75, 3.05) is 37.0 Å². The molecule has 2 aliphatic heterocycles. The zero-order valence-corrected chi connectivity index (χ0v) is 85.3. The van der Waals surface area contributed by atoms with Crippen molar-refractivity contribution in [1.29, 1.82) is 0 Å². The van der Waals surface area contributed by atoms with Gasteiger partial charge in [0.1, 0.15) is 23.2 Å². The number of carboxylic acids is 1. The summed E-state index contributed by atoms with van der Waals surface area (Å²) in [5.41, 5.74) is 3.96. The Morgan fingerprint density at radius 3 is 1.26 bits per heavy atom. The van der Waals surface area contributed by atoms with E-state index in [4.69, 9.17) is 19.0 Å². The standard InChI is InChI=1S/C9H15N.C8H12N2O2S.C8H14O3.C7H12N2O.C7H13NO2.C7H11NO.C6H11N5O.C6H13NO3S.C5H10N4.C5H11NO3S.C5H11NO.C5H10O2.C3H8O3S/c1-7-5-8(10-6-7)9(2,3)4;1-7(2)13(11,12)10-8-5-3-4-6-9-8;1-8(2,3)6(9)5-7(10)11-4;1-5-8-6(9-10-5)7(2,3)4;1-5(9)8-6(10)7(2,3)4;1-5(2)7-4-6(3)8-9-7;1-6(2,3)4(12)7-5-8-10-11-9-5;1-6(2,3)5(8)7-11(4,9)10;1-5(2,3)4-6-8-9-7-4;1-4(2)10(8,9)6-5(3)7;1-4(2)5(7)6-3;1-5(2,3)4(6)7;1-3(2)7(4,5)6/h5H,6H2,1-4H3;3-7H,1-2H3,(H,9,10);5,9H,1-4H3;1H2,2-4H3,(H,8,9);1-4H3,(H,8,9,10);4-5H,1-3H3;1-3H3,(H2,7,8,9,10,11,12);1-4H3,(H,7,8);1-3H3,(H,6,7,8,9);4H,1-3H3,(H,6,7);4H,1-3H3,(H,6,7);1-3H3,(H,6,7);3H,1-2H3,(H,4,5,6). The minimum Gasteiger partial charge on any atom is -0.511 e. The van der Waals surface area contributed by atoms with E-state index >= 15 is 0 Å². The van der Waals surface area contributed by atoms with Crippen LogP contribution in [0.1, 0.15) is 279 Å². The first kappa shape index (κ1) is 129. The molecule has 41 nitrogen and oxygen atoms in total. The summed E-state index contributed by atoms with van der Waals surface area (Å²) in [6.07, 6.45) is 5.77. The lowest BCUT2D eigenvalue weighted by molar-refractivity contribution is -0.146. The molecule has 0 aliphatic carbocycles. The van der Waals surface area contributed by atoms with Crippen LogP contribution in [-0.2, 0) is 93.5 Å². The number of hydroxylamine groups is 1. The quantitative estimate of drug-likeness (QED) is 0.0287. The summed E-state index contributed by atoms with van der Waals surface area (Å²) < 4.78 is 109. The van der Waals surface area contributed by atoms with Gasteiger partial charge in [-0.2, -0.15) is 23.8 Å². The molecule has 45 heteroatoms. The van der Waals surface area contributed by atoms with Crippen LogP contribution >= 0.6 is 0 Å². The van der Waals surface area contributed by atoms with Crippen molar-refractivity contribution in [3.8, 4) is 0 Å². The predicted molar refractivity (Wildman–Crippen MR) is 492 cm³/mol. The number of aromatic amines is 2. The number of sulfonamides is 3. The van der Waals surface area contributed by atoms with Crippen LogP contribution in [0.2, 0.25) is 0 Å². The van der Waals surface area contributed by atoms with Crippen molar-refractivity contribution in [1.82, 2.24) is 76.9 Å². The molecule has 0 spiro atoms. The van der Waals surface area contributed by atoms with Gasteiger partial charge in [-0.15, -0.1) is 15.3 Å². The highest BCUT2D eigenvalue weighted by atomic mass is 32.2. The van der Waals surface area contributed by atoms with E-state index in [-0.39, 0.29) is 57.5 Å². The number of amidine groups is 1. The Labute approximate surface area is 749 Å². The van der Waals surface area contributed by atoms with Crippen molar-refractivity contribution in [2.45, 2.75) is 290 Å². The molecule has 0 unspecified atom stereocenters. The third-order valence-corrected chi connectivity index (χ3v) is 19.2. The van der Waals surface area contributed by atoms with Crippen LogP contribution in [0, 0.1) is 50.7 Å². The molecule has 0 saturated carbocycles. The molecule has 0 bridgehead atoms. The van der Waals surface area contributed by atoms with Gasteiger partial charge in [-0.3, -0.25) is 67.9 Å². The zero-order valence-electron chi connectivity index (χ0n) is 82.0. The topological polar surface area (TPSA) is 609 Å². The van der Waals surface area contributed by atoms with Crippen molar-refractivity contribution >= 4 is 111 Å². The number of hydrogen-bond donors (Lipinski definition) is 12. The van der Waals surface area contributed by atoms with E-state index in [1.54, 1.807) is 101 Å². The molecule has 0 atom stereocenters. The lowest BCUT2D eigenvalue weighted by Crippen LogP contribution is -2.38. The van der Waals surface area contributed by atoms with Crippen molar-refractivity contribution in [3.63, 3.8) is 0 Å². The molecule has 0 saturated heterocycles. The highest BCUT2D eigenvalue weighted by molar-refractivity contribution is 7.93. The van der Waals surface area contributed by atoms with Gasteiger partial charge in [-0.25, -0.2) is 40.5 Å². The average molecular weight is 1870 g/mol. The molecular formula is C81H151N19O22S4. The number of rotatable bonds is 11. The Bertz CT molecular complexity index is 4560. The Morgan fingerprint density at radius 1 is 0.603 bits per heavy atom. The van der Waals surface area contributed by atoms with Gasteiger partial charge in [0.25, 0.3) is 16.1 Å². The molecule has 2 aliphatic rings. The third kappa shape index (κ3) is 70.2. The van der Waals surface area contributed by atoms with Gasteiger partial charge in [0, 0.05) is 88.6 Å². The van der Waals surface area contributed by atoms with E-state index in [2.05, 4.69) is 167 Å². The second-order valence-corrected chi connectivity index (χ2v) is 45.5. The fourth-order valence-corrected chi connectivity index (χ4v) is 7.50. The van der Waals surface area contributed by atoms with Gasteiger partial charge in [-0.05, 0) is 106 Å². The van der Waals surface area contributed by atoms with Crippen LogP contribution in [0.4, 0.5) is 11.8 Å². The smallest absolute Gasteiger partial charge is 0.333 e. The molecule has 0 fully saturated rings. The van der Waals surface area contributed by atoms with Crippen LogP contribution < -0.4 is 35.6 Å². The number of nitrogens with one attached hydrogen (secondary N) is 9. The zero-order chi connectivity index (χ0) is 101. The van der Waals surface area contributed by atoms with Crippen LogP contribution in [0.25, 0.3) is 0 Å². The lowest BCUT2D eigenvalue weighted by Gasteiger charge is -2.16. The Balaban J connectivity index is -0.000000244. The number of imide groups is 1. The molecule has 6 rings (SSSR count). The number of pyridine rings is 1. The Kier molecular flexibility index (Phi) is 59.1. The number of ether oxygens (including phenoxy) is 1. The first-order valence-corrected chi connectivity index (χ1v) is 45.9. The monoisotopic (exact) mass is 1870 g/mol. The number of amides is 6. The number of aliphatic hydroxyl groups excluding tert-OH is 1. The number of aliphatic imine (C=N–C) groups is 2. The fourth-order valence-electron chi connectivity index (χ4n) is 5.57. The maximum absolute atomic E-state index is 11.3. The van der Waals surface area contributed by atoms with Crippen molar-refractivity contribution in [2.24, 2.45) is 53.8 Å². The number of H-pyrrole nitrogens is 2. The van der Waals surface area contributed by atoms with Gasteiger partial charge in [0.2, 0.25) is 71.4 Å². The minimum atomic E-state index is -3.74. The van der Waals surface area contributed by atoms with Crippen molar-refractivity contribution < 1.29 is 101 Å². The normalized spacial score (nSPS) is 12.6. The van der Waals surface area contributed by atoms with E-state index in [1.165, 1.54) is 66.1 Å². The Hall–Kier alpha value is -10.0. The number of tetrazole rings is 2. The van der Waals surface area contributed by atoms with E-state index in [0.29, 0.717) is 17.6 Å². The van der Waals surface area contributed by atoms with Crippen LogP contribution in [0.5, 0.6) is 0 Å². The van der Waals surface area contributed by atoms with Gasteiger partial charge >= 0.3 is 11.9 Å². The van der Waals surface area contributed by atoms with Crippen LogP contribution in [-0.4, -0.2) is 201 Å². The average Bonchev–Trinajstić information content (AvgIpc) is 1.64. The second-order valence-electron chi connectivity index (χ2n) is 37.3. The summed E-state index contributed by atoms with van der Waals surface area (Å²) in [5.74, 6) is 1.24. The first-order valence-electron chi connectivity index (χ1n) is 39.4. The molecule has 126 heavy (non-hydrogen) atoms. The second kappa shape index (κ2) is 57.6. The molecule has 0 aromatic carbocycles. The van der Waals surface area contributed by atoms with Crippen LogP contribution in [0.15, 0.2) is 80.9 Å². The minimum absolute atomic E-state index is 0.00694. The van der Waals surface area contributed by atoms with E-state index in [1.807, 2.05) is 98.6 Å². The number of aromatic nitrogens is 10. The van der Waals surface area contributed by atoms with Gasteiger partial charge in [0.05, 0.1) is 52.8 Å². The highest BCUT2D eigenvalue weighted by Crippen LogP contribution is 2.24. The molecule has 4 aromatic heterocycles. The summed E-state index contributed by atoms with van der Waals surface area (Å²) >= 11 is 0. The van der Waals surface area contributed by atoms with E-state index < -0.39 is 107 Å². The lowest BCUT2D eigenvalue weighted by atomic mass is 9.90. The maximum Gasteiger partial charge on any atom is 0.333 e. The van der Waals surface area contributed by atoms with E-state index in [0.717, 1.165) is 42.0 Å². The van der Waals surface area contributed by atoms with Gasteiger partial charge in [-0.1, -0.05) is 200 Å². The first-order chi connectivity index (χ1) is 56.1. The number of hydrogen-bond acceptors (Lipinski definition) is 31. The molecule has 12 N–H and O–H groups in total. The molecular weight excluding hydrogens is 1720 g/mol. The number of aliphatic carboxylic acids is 1. The number of aliphatic hydroxyl groups is 1. The number of carbonyl (C=O) groups excluding carboxylic acids is 7. The van der Waals surface area contributed by atoms with Crippen molar-refractivity contribution in [3.05, 3.63) is 83.7 Å². The molecule has 4 aromatic rings. The van der Waals surface area contributed by atoms with E-state index in [9.17, 15) is 77.1 Å². The number of carbonyl (C=O) groups is 8. The highest BCUT2D eigenvalue weighted by Gasteiger charge is 2.28. The predicted octanol–water partition coefficient (Wildman–Crippen LogP) is 12.0. The van der Waals surface area contributed by atoms with Gasteiger partial charge < -0.3 is 29.6 Å². The number of nitrogens with zero attached hydrogens (tertiary/aromatic N) is 10. The number of allylic oxidation sites excluding steroid dienone is 2.